The number of nitrogens with one attached hydrogen (secondary N) is 1. The molecule has 0 rings (SSSR count). The summed E-state index contributed by atoms with van der Waals surface area (Å²) in [5.74, 6) is 0. The van der Waals surface area contributed by atoms with E-state index >= 15 is 0 Å². The van der Waals surface area contributed by atoms with Crippen LogP contribution in [-0.2, 0) is 0 Å². The largest absolute Gasteiger partial charge is 0.392 e. The fourth-order valence-electron chi connectivity index (χ4n) is 0.450. The standard InChI is InChI=1S/C7H14N2.2C2H6/c1-6(8-3)5-7(2)9-4;2*1-2/h5,8H,1-4H3;2*1-2H3/b6-5+,9-7?;;. The molecule has 0 radical (unpaired) electrons. The van der Waals surface area contributed by atoms with Gasteiger partial charge in [-0.1, -0.05) is 27.7 Å². The maximum absolute atomic E-state index is 3.98. The van der Waals surface area contributed by atoms with E-state index in [4.69, 9.17) is 0 Å². The summed E-state index contributed by atoms with van der Waals surface area (Å²) >= 11 is 0. The van der Waals surface area contributed by atoms with Crippen LogP contribution in [0.4, 0.5) is 0 Å². The SMILES string of the molecule is CC.CC.CN=C(C)/C=C(\C)NC. The van der Waals surface area contributed by atoms with Crippen molar-refractivity contribution in [3.8, 4) is 0 Å². The molecule has 0 heterocycles. The molecule has 0 fully saturated rings. The number of hydrogen-bond acceptors (Lipinski definition) is 2. The molecule has 0 saturated carbocycles. The monoisotopic (exact) mass is 186 g/mol. The highest BCUT2D eigenvalue weighted by molar-refractivity contribution is 5.93. The van der Waals surface area contributed by atoms with E-state index in [-0.39, 0.29) is 0 Å². The van der Waals surface area contributed by atoms with Crippen LogP contribution in [0.2, 0.25) is 0 Å². The Balaban J connectivity index is -0.000000218. The predicted octanol–water partition coefficient (Wildman–Crippen LogP) is 3.25. The summed E-state index contributed by atoms with van der Waals surface area (Å²) in [7, 11) is 3.68. The van der Waals surface area contributed by atoms with Gasteiger partial charge in [0.05, 0.1) is 0 Å². The molecule has 0 atom stereocenters. The van der Waals surface area contributed by atoms with E-state index in [1.807, 2.05) is 54.7 Å². The van der Waals surface area contributed by atoms with Gasteiger partial charge in [0, 0.05) is 25.5 Å². The second kappa shape index (κ2) is 17.3. The lowest BCUT2D eigenvalue weighted by atomic mass is 10.3. The topological polar surface area (TPSA) is 24.4 Å². The summed E-state index contributed by atoms with van der Waals surface area (Å²) < 4.78 is 0. The number of hydrogen-bond donors (Lipinski definition) is 1. The van der Waals surface area contributed by atoms with Gasteiger partial charge in [-0.15, -0.1) is 0 Å². The fraction of sp³-hybridized carbons (Fsp3) is 0.727. The molecule has 0 unspecified atom stereocenters. The van der Waals surface area contributed by atoms with Crippen LogP contribution in [0.3, 0.4) is 0 Å². The van der Waals surface area contributed by atoms with Gasteiger partial charge in [0.25, 0.3) is 0 Å². The van der Waals surface area contributed by atoms with E-state index in [0.717, 1.165) is 11.4 Å². The quantitative estimate of drug-likeness (QED) is 0.658. The van der Waals surface area contributed by atoms with Crippen molar-refractivity contribution in [1.82, 2.24) is 5.32 Å². The molecule has 2 heteroatoms. The minimum absolute atomic E-state index is 1.04. The smallest absolute Gasteiger partial charge is 0.0330 e. The Morgan fingerprint density at radius 2 is 1.46 bits per heavy atom. The Bertz CT molecular complexity index is 135. The van der Waals surface area contributed by atoms with Crippen molar-refractivity contribution in [2.24, 2.45) is 4.99 Å². The van der Waals surface area contributed by atoms with E-state index in [2.05, 4.69) is 10.3 Å². The zero-order valence-corrected chi connectivity index (χ0v) is 10.5. The van der Waals surface area contributed by atoms with Crippen LogP contribution < -0.4 is 5.32 Å². The lowest BCUT2D eigenvalue weighted by Gasteiger charge is -1.96. The van der Waals surface area contributed by atoms with Gasteiger partial charge in [0.15, 0.2) is 0 Å². The Morgan fingerprint density at radius 3 is 1.69 bits per heavy atom. The molecule has 0 amide bonds. The van der Waals surface area contributed by atoms with Gasteiger partial charge in [-0.05, 0) is 19.9 Å². The van der Waals surface area contributed by atoms with E-state index in [1.54, 1.807) is 7.05 Å². The van der Waals surface area contributed by atoms with Crippen molar-refractivity contribution in [2.75, 3.05) is 14.1 Å². The molecule has 0 aliphatic heterocycles. The first kappa shape index (κ1) is 18.1. The molecule has 1 N–H and O–H groups in total. The van der Waals surface area contributed by atoms with Crippen LogP contribution in [-0.4, -0.2) is 19.8 Å². The molecule has 0 aliphatic rings. The predicted molar refractivity (Wildman–Crippen MR) is 64.5 cm³/mol. The van der Waals surface area contributed by atoms with E-state index < -0.39 is 0 Å². The van der Waals surface area contributed by atoms with Crippen molar-refractivity contribution >= 4 is 5.71 Å². The number of aliphatic imine (C=N–C) groups is 1. The van der Waals surface area contributed by atoms with Crippen molar-refractivity contribution in [2.45, 2.75) is 41.5 Å². The highest BCUT2D eigenvalue weighted by Crippen LogP contribution is 1.85. The number of nitrogens with zero attached hydrogens (tertiary/aromatic N) is 1. The molecule has 0 aliphatic carbocycles. The maximum atomic E-state index is 3.98. The van der Waals surface area contributed by atoms with E-state index in [0.29, 0.717) is 0 Å². The Labute approximate surface area is 84.2 Å². The minimum atomic E-state index is 1.04. The number of allylic oxidation sites excluding steroid dienone is 2. The molecule has 0 aromatic rings. The van der Waals surface area contributed by atoms with Gasteiger partial charge in [0.2, 0.25) is 0 Å². The molecule has 0 aromatic heterocycles. The third kappa shape index (κ3) is 18.3. The first-order valence-corrected chi connectivity index (χ1v) is 5.00. The zero-order chi connectivity index (χ0) is 11.3. The summed E-state index contributed by atoms with van der Waals surface area (Å²) in [5.41, 5.74) is 2.18. The van der Waals surface area contributed by atoms with Gasteiger partial charge in [-0.25, -0.2) is 0 Å². The zero-order valence-electron chi connectivity index (χ0n) is 10.5. The van der Waals surface area contributed by atoms with Crippen LogP contribution >= 0.6 is 0 Å². The van der Waals surface area contributed by atoms with Gasteiger partial charge < -0.3 is 5.32 Å². The third-order valence-corrected chi connectivity index (χ3v) is 1.17. The fourth-order valence-corrected chi connectivity index (χ4v) is 0.450. The van der Waals surface area contributed by atoms with Crippen molar-refractivity contribution in [1.29, 1.82) is 0 Å². The van der Waals surface area contributed by atoms with Crippen LogP contribution in [0, 0.1) is 0 Å². The summed E-state index contributed by atoms with van der Waals surface area (Å²) in [4.78, 5) is 3.98. The molecule has 0 aromatic carbocycles. The summed E-state index contributed by atoms with van der Waals surface area (Å²) in [6, 6.07) is 0. The van der Waals surface area contributed by atoms with Crippen molar-refractivity contribution < 1.29 is 0 Å². The first-order valence-electron chi connectivity index (χ1n) is 5.00. The van der Waals surface area contributed by atoms with Crippen LogP contribution in [0.25, 0.3) is 0 Å². The molecule has 2 nitrogen and oxygen atoms in total. The molecule has 13 heavy (non-hydrogen) atoms. The lowest BCUT2D eigenvalue weighted by Crippen LogP contribution is -2.03. The highest BCUT2D eigenvalue weighted by atomic mass is 14.8. The van der Waals surface area contributed by atoms with E-state index in [9.17, 15) is 0 Å². The molecule has 0 bridgehead atoms. The summed E-state index contributed by atoms with van der Waals surface area (Å²) in [5, 5.41) is 3.01. The molecule has 80 valence electrons. The van der Waals surface area contributed by atoms with Gasteiger partial charge >= 0.3 is 0 Å². The van der Waals surface area contributed by atoms with Crippen molar-refractivity contribution in [3.05, 3.63) is 11.8 Å². The molecular formula is C11H26N2. The first-order chi connectivity index (χ1) is 6.20. The van der Waals surface area contributed by atoms with Gasteiger partial charge in [-0.3, -0.25) is 4.99 Å². The Morgan fingerprint density at radius 1 is 1.08 bits per heavy atom. The van der Waals surface area contributed by atoms with Gasteiger partial charge in [0.1, 0.15) is 0 Å². The molecule has 0 spiro atoms. The van der Waals surface area contributed by atoms with Crippen LogP contribution in [0.5, 0.6) is 0 Å². The average Bonchev–Trinajstić information content (AvgIpc) is 2.23. The third-order valence-electron chi connectivity index (χ3n) is 1.17. The maximum Gasteiger partial charge on any atom is 0.0330 e. The average molecular weight is 186 g/mol. The summed E-state index contributed by atoms with van der Waals surface area (Å²) in [6.07, 6.45) is 2.00. The second-order valence-electron chi connectivity index (χ2n) is 1.94. The lowest BCUT2D eigenvalue weighted by molar-refractivity contribution is 0.992. The highest BCUT2D eigenvalue weighted by Gasteiger charge is 1.82. The van der Waals surface area contributed by atoms with Gasteiger partial charge in [-0.2, -0.15) is 0 Å². The van der Waals surface area contributed by atoms with Crippen LogP contribution in [0.15, 0.2) is 16.8 Å². The summed E-state index contributed by atoms with van der Waals surface area (Å²) in [6.45, 7) is 12.0. The van der Waals surface area contributed by atoms with Crippen molar-refractivity contribution in [3.63, 3.8) is 0 Å². The Kier molecular flexibility index (Phi) is 24.1. The van der Waals surface area contributed by atoms with Crippen LogP contribution in [0.1, 0.15) is 41.5 Å². The normalized spacial score (nSPS) is 10.5. The Hall–Kier alpha value is -0.790. The molecular weight excluding hydrogens is 160 g/mol. The second-order valence-corrected chi connectivity index (χ2v) is 1.94. The number of rotatable bonds is 2. The van der Waals surface area contributed by atoms with E-state index in [1.165, 1.54) is 0 Å². The molecule has 0 saturated heterocycles. The minimum Gasteiger partial charge on any atom is -0.392 e.